The lowest BCUT2D eigenvalue weighted by molar-refractivity contribution is 0.0601. The number of esters is 1. The molecule has 2 aromatic heterocycles. The molecule has 0 fully saturated rings. The van der Waals surface area contributed by atoms with E-state index in [0.29, 0.717) is 17.0 Å². The number of amides is 1. The van der Waals surface area contributed by atoms with Crippen LogP contribution < -0.4 is 5.32 Å². The van der Waals surface area contributed by atoms with Crippen LogP contribution in [0.25, 0.3) is 0 Å². The van der Waals surface area contributed by atoms with Crippen LogP contribution in [0, 0.1) is 6.92 Å². The van der Waals surface area contributed by atoms with Gasteiger partial charge < -0.3 is 14.5 Å². The van der Waals surface area contributed by atoms with Crippen LogP contribution in [0.1, 0.15) is 38.3 Å². The van der Waals surface area contributed by atoms with Crippen molar-refractivity contribution in [1.82, 2.24) is 0 Å². The normalized spacial score (nSPS) is 10.3. The van der Waals surface area contributed by atoms with Crippen LogP contribution in [0.2, 0.25) is 0 Å². The van der Waals surface area contributed by atoms with Gasteiger partial charge in [-0.05, 0) is 31.0 Å². The first kappa shape index (κ1) is 14.3. The molecule has 1 amide bonds. The first-order chi connectivity index (χ1) is 9.58. The van der Waals surface area contributed by atoms with Crippen LogP contribution in [0.4, 0.5) is 5.00 Å². The molecular weight excluding hydrogens is 278 g/mol. The second kappa shape index (κ2) is 5.92. The predicted octanol–water partition coefficient (Wildman–Crippen LogP) is 3.25. The van der Waals surface area contributed by atoms with Crippen molar-refractivity contribution in [3.63, 3.8) is 0 Å². The van der Waals surface area contributed by atoms with Gasteiger partial charge in [-0.2, -0.15) is 0 Å². The zero-order valence-corrected chi connectivity index (χ0v) is 12.3. The molecule has 0 aliphatic heterocycles. The Morgan fingerprint density at radius 1 is 1.45 bits per heavy atom. The highest BCUT2D eigenvalue weighted by Gasteiger charge is 2.23. The molecule has 20 heavy (non-hydrogen) atoms. The maximum absolute atomic E-state index is 12.0. The molecule has 2 rings (SSSR count). The van der Waals surface area contributed by atoms with Crippen molar-refractivity contribution in [1.29, 1.82) is 0 Å². The summed E-state index contributed by atoms with van der Waals surface area (Å²) < 4.78 is 9.83. The van der Waals surface area contributed by atoms with Gasteiger partial charge in [-0.15, -0.1) is 11.3 Å². The third kappa shape index (κ3) is 2.60. The summed E-state index contributed by atoms with van der Waals surface area (Å²) in [5.74, 6) is -0.630. The third-order valence-electron chi connectivity index (χ3n) is 2.92. The van der Waals surface area contributed by atoms with E-state index >= 15 is 0 Å². The van der Waals surface area contributed by atoms with Gasteiger partial charge >= 0.3 is 5.97 Å². The van der Waals surface area contributed by atoms with Gasteiger partial charge in [0.25, 0.3) is 5.91 Å². The highest BCUT2D eigenvalue weighted by Crippen LogP contribution is 2.34. The number of ether oxygens (including phenoxy) is 1. The molecular formula is C14H15NO4S. The Kier molecular flexibility index (Phi) is 4.24. The summed E-state index contributed by atoms with van der Waals surface area (Å²) in [6.45, 7) is 3.87. The summed E-state index contributed by atoms with van der Waals surface area (Å²) in [5.41, 5.74) is 1.33. The average molecular weight is 293 g/mol. The van der Waals surface area contributed by atoms with Crippen LogP contribution in [0.5, 0.6) is 0 Å². The summed E-state index contributed by atoms with van der Waals surface area (Å²) in [6, 6.07) is 3.20. The van der Waals surface area contributed by atoms with Gasteiger partial charge in [-0.25, -0.2) is 4.79 Å². The SMILES string of the molecule is CCc1c(C)sc(NC(=O)c2ccco2)c1C(=O)OC. The van der Waals surface area contributed by atoms with Gasteiger partial charge in [0.15, 0.2) is 5.76 Å². The fourth-order valence-electron chi connectivity index (χ4n) is 1.98. The van der Waals surface area contributed by atoms with E-state index in [9.17, 15) is 9.59 Å². The van der Waals surface area contributed by atoms with E-state index in [2.05, 4.69) is 5.32 Å². The quantitative estimate of drug-likeness (QED) is 0.879. The number of methoxy groups -OCH3 is 1. The minimum atomic E-state index is -0.444. The number of carbonyl (C=O) groups excluding carboxylic acids is 2. The summed E-state index contributed by atoms with van der Waals surface area (Å²) in [4.78, 5) is 24.9. The summed E-state index contributed by atoms with van der Waals surface area (Å²) in [5, 5.41) is 3.20. The number of anilines is 1. The van der Waals surface area contributed by atoms with Gasteiger partial charge in [-0.1, -0.05) is 6.92 Å². The predicted molar refractivity (Wildman–Crippen MR) is 76.4 cm³/mol. The van der Waals surface area contributed by atoms with E-state index in [1.54, 1.807) is 12.1 Å². The smallest absolute Gasteiger partial charge is 0.341 e. The lowest BCUT2D eigenvalue weighted by Gasteiger charge is -2.05. The molecule has 0 radical (unpaired) electrons. The fraction of sp³-hybridized carbons (Fsp3) is 0.286. The van der Waals surface area contributed by atoms with Gasteiger partial charge in [0.05, 0.1) is 18.9 Å². The van der Waals surface area contributed by atoms with Crippen molar-refractivity contribution in [2.45, 2.75) is 20.3 Å². The highest BCUT2D eigenvalue weighted by atomic mass is 32.1. The van der Waals surface area contributed by atoms with Gasteiger partial charge in [-0.3, -0.25) is 4.79 Å². The number of nitrogens with one attached hydrogen (secondary N) is 1. The minimum Gasteiger partial charge on any atom is -0.465 e. The van der Waals surface area contributed by atoms with Crippen molar-refractivity contribution in [2.24, 2.45) is 0 Å². The molecule has 2 heterocycles. The van der Waals surface area contributed by atoms with E-state index in [1.165, 1.54) is 24.7 Å². The van der Waals surface area contributed by atoms with E-state index in [0.717, 1.165) is 10.4 Å². The molecule has 5 nitrogen and oxygen atoms in total. The maximum atomic E-state index is 12.0. The van der Waals surface area contributed by atoms with Gasteiger partial charge in [0, 0.05) is 4.88 Å². The molecule has 1 N–H and O–H groups in total. The Morgan fingerprint density at radius 2 is 2.20 bits per heavy atom. The standard InChI is InChI=1S/C14H15NO4S/c1-4-9-8(2)20-13(11(9)14(17)18-3)15-12(16)10-6-5-7-19-10/h5-7H,4H2,1-3H3,(H,15,16). The number of hydrogen-bond donors (Lipinski definition) is 1. The Labute approximate surface area is 120 Å². The Bertz CT molecular complexity index is 628. The topological polar surface area (TPSA) is 68.5 Å². The fourth-order valence-corrected chi connectivity index (χ4v) is 3.11. The molecule has 6 heteroatoms. The van der Waals surface area contributed by atoms with Crippen LogP contribution in [0.3, 0.4) is 0 Å². The first-order valence-electron chi connectivity index (χ1n) is 6.13. The first-order valence-corrected chi connectivity index (χ1v) is 6.95. The Morgan fingerprint density at radius 3 is 2.75 bits per heavy atom. The molecule has 106 valence electrons. The summed E-state index contributed by atoms with van der Waals surface area (Å²) in [7, 11) is 1.33. The lowest BCUT2D eigenvalue weighted by Crippen LogP contribution is -2.14. The van der Waals surface area contributed by atoms with E-state index in [4.69, 9.17) is 9.15 Å². The van der Waals surface area contributed by atoms with Crippen molar-refractivity contribution in [2.75, 3.05) is 12.4 Å². The Balaban J connectivity index is 2.36. The molecule has 0 aliphatic rings. The molecule has 0 aromatic carbocycles. The molecule has 0 unspecified atom stereocenters. The monoisotopic (exact) mass is 293 g/mol. The lowest BCUT2D eigenvalue weighted by atomic mass is 10.1. The van der Waals surface area contributed by atoms with Gasteiger partial charge in [0.2, 0.25) is 0 Å². The molecule has 0 spiro atoms. The van der Waals surface area contributed by atoms with Crippen LogP contribution in [-0.2, 0) is 11.2 Å². The van der Waals surface area contributed by atoms with Gasteiger partial charge in [0.1, 0.15) is 5.00 Å². The van der Waals surface area contributed by atoms with E-state index in [-0.39, 0.29) is 11.7 Å². The molecule has 0 saturated heterocycles. The molecule has 0 atom stereocenters. The maximum Gasteiger partial charge on any atom is 0.341 e. The highest BCUT2D eigenvalue weighted by molar-refractivity contribution is 7.16. The number of aryl methyl sites for hydroxylation is 1. The number of furan rings is 1. The zero-order chi connectivity index (χ0) is 14.7. The number of hydrogen-bond acceptors (Lipinski definition) is 5. The summed E-state index contributed by atoms with van der Waals surface area (Å²) >= 11 is 1.36. The van der Waals surface area contributed by atoms with Crippen molar-refractivity contribution < 1.29 is 18.7 Å². The average Bonchev–Trinajstić information content (AvgIpc) is 3.05. The van der Waals surface area contributed by atoms with Crippen LogP contribution in [-0.4, -0.2) is 19.0 Å². The number of rotatable bonds is 4. The second-order valence-corrected chi connectivity index (χ2v) is 5.34. The molecule has 2 aromatic rings. The molecule has 0 bridgehead atoms. The number of thiophene rings is 1. The summed E-state index contributed by atoms with van der Waals surface area (Å²) in [6.07, 6.45) is 2.12. The van der Waals surface area contributed by atoms with E-state index < -0.39 is 5.97 Å². The van der Waals surface area contributed by atoms with Crippen molar-refractivity contribution in [3.8, 4) is 0 Å². The number of carbonyl (C=O) groups is 2. The van der Waals surface area contributed by atoms with Crippen molar-refractivity contribution in [3.05, 3.63) is 40.2 Å². The van der Waals surface area contributed by atoms with Crippen molar-refractivity contribution >= 4 is 28.2 Å². The Hall–Kier alpha value is -2.08. The second-order valence-electron chi connectivity index (χ2n) is 4.12. The molecule has 0 aliphatic carbocycles. The van der Waals surface area contributed by atoms with E-state index in [1.807, 2.05) is 13.8 Å². The zero-order valence-electron chi connectivity index (χ0n) is 11.5. The molecule has 0 saturated carbocycles. The van der Waals surface area contributed by atoms with Crippen LogP contribution in [0.15, 0.2) is 22.8 Å². The third-order valence-corrected chi connectivity index (χ3v) is 3.99. The largest absolute Gasteiger partial charge is 0.465 e. The van der Waals surface area contributed by atoms with Crippen LogP contribution >= 0.6 is 11.3 Å². The minimum absolute atomic E-state index is 0.199.